The molecule has 0 unspecified atom stereocenters. The summed E-state index contributed by atoms with van der Waals surface area (Å²) in [4.78, 5) is 43.9. The zero-order valence-electron chi connectivity index (χ0n) is 18.5. The molecule has 8 heteroatoms. The van der Waals surface area contributed by atoms with Gasteiger partial charge < -0.3 is 4.90 Å². The molecule has 3 aromatic rings. The van der Waals surface area contributed by atoms with E-state index in [9.17, 15) is 14.4 Å². The third-order valence-corrected chi connectivity index (χ3v) is 5.49. The molecule has 3 amide bonds. The first-order valence-electron chi connectivity index (χ1n) is 10.3. The number of imide groups is 1. The number of hydrogen-bond donors (Lipinski definition) is 0. The summed E-state index contributed by atoms with van der Waals surface area (Å²) in [6, 6.07) is 11.3. The first-order valence-corrected chi connectivity index (χ1v) is 10.3. The van der Waals surface area contributed by atoms with Crippen molar-refractivity contribution in [2.24, 2.45) is 12.5 Å². The Kier molecular flexibility index (Phi) is 4.95. The fraction of sp³-hybridized carbons (Fsp3) is 0.391. The van der Waals surface area contributed by atoms with Crippen LogP contribution in [0.2, 0.25) is 0 Å². The van der Waals surface area contributed by atoms with Crippen molar-refractivity contribution >= 4 is 23.1 Å². The van der Waals surface area contributed by atoms with Gasteiger partial charge in [-0.25, -0.2) is 14.6 Å². The number of urea groups is 1. The Labute approximate surface area is 180 Å². The van der Waals surface area contributed by atoms with Gasteiger partial charge in [-0.3, -0.25) is 18.8 Å². The van der Waals surface area contributed by atoms with Gasteiger partial charge in [0, 0.05) is 32.7 Å². The minimum atomic E-state index is -0.276. The number of rotatable bonds is 4. The molecule has 0 atom stereocenters. The van der Waals surface area contributed by atoms with Gasteiger partial charge in [0.2, 0.25) is 5.91 Å². The monoisotopic (exact) mass is 421 g/mol. The number of likely N-dealkylation sites (N-methyl/N-ethyl adjacent to an activating group) is 1. The van der Waals surface area contributed by atoms with Crippen LogP contribution in [0, 0.1) is 5.41 Å². The van der Waals surface area contributed by atoms with E-state index in [2.05, 4.69) is 20.8 Å². The summed E-state index contributed by atoms with van der Waals surface area (Å²) < 4.78 is 3.37. The number of aromatic nitrogens is 3. The number of imidazole rings is 1. The van der Waals surface area contributed by atoms with E-state index in [4.69, 9.17) is 4.98 Å². The fourth-order valence-corrected chi connectivity index (χ4v) is 3.84. The van der Waals surface area contributed by atoms with Gasteiger partial charge >= 0.3 is 11.7 Å². The molecule has 0 saturated carbocycles. The molecule has 1 saturated heterocycles. The lowest BCUT2D eigenvalue weighted by atomic mass is 9.97. The van der Waals surface area contributed by atoms with Gasteiger partial charge in [0.15, 0.2) is 5.65 Å². The SMILES string of the molecule is CN1C(=O)CN(Cc2ccc(-c3ccc4c(n3)n(C)c(=O)n4CC(C)(C)C)cc2)C1=O. The minimum absolute atomic E-state index is 0.0250. The van der Waals surface area contributed by atoms with Crippen molar-refractivity contribution in [3.63, 3.8) is 0 Å². The van der Waals surface area contributed by atoms with E-state index in [0.717, 1.165) is 27.2 Å². The van der Waals surface area contributed by atoms with Crippen molar-refractivity contribution in [1.82, 2.24) is 23.9 Å². The third kappa shape index (κ3) is 3.85. The third-order valence-electron chi connectivity index (χ3n) is 5.49. The summed E-state index contributed by atoms with van der Waals surface area (Å²) in [6.07, 6.45) is 0. The van der Waals surface area contributed by atoms with Crippen molar-refractivity contribution in [2.75, 3.05) is 13.6 Å². The van der Waals surface area contributed by atoms with E-state index in [1.54, 1.807) is 16.2 Å². The molecule has 0 bridgehead atoms. The average Bonchev–Trinajstić information content (AvgIpc) is 3.10. The molecule has 1 aliphatic heterocycles. The zero-order valence-corrected chi connectivity index (χ0v) is 18.5. The van der Waals surface area contributed by atoms with Crippen molar-refractivity contribution in [1.29, 1.82) is 0 Å². The summed E-state index contributed by atoms with van der Waals surface area (Å²) in [6.45, 7) is 7.41. The summed E-state index contributed by atoms with van der Waals surface area (Å²) >= 11 is 0. The molecule has 1 aliphatic rings. The number of nitrogens with zero attached hydrogens (tertiary/aromatic N) is 5. The van der Waals surface area contributed by atoms with Gasteiger partial charge in [-0.2, -0.15) is 0 Å². The molecule has 0 radical (unpaired) electrons. The number of carbonyl (C=O) groups excluding carboxylic acids is 2. The molecular weight excluding hydrogens is 394 g/mol. The summed E-state index contributed by atoms with van der Waals surface area (Å²) in [5, 5.41) is 0. The first-order chi connectivity index (χ1) is 14.5. The number of amides is 3. The predicted molar refractivity (Wildman–Crippen MR) is 118 cm³/mol. The largest absolute Gasteiger partial charge is 0.330 e. The van der Waals surface area contributed by atoms with Gasteiger partial charge in [0.1, 0.15) is 6.54 Å². The lowest BCUT2D eigenvalue weighted by molar-refractivity contribution is -0.124. The highest BCUT2D eigenvalue weighted by Crippen LogP contribution is 2.24. The number of carbonyl (C=O) groups is 2. The molecule has 162 valence electrons. The number of aryl methyl sites for hydroxylation is 1. The van der Waals surface area contributed by atoms with Gasteiger partial charge in [-0.15, -0.1) is 0 Å². The van der Waals surface area contributed by atoms with Crippen molar-refractivity contribution in [3.8, 4) is 11.3 Å². The van der Waals surface area contributed by atoms with Crippen LogP contribution in [0.15, 0.2) is 41.2 Å². The average molecular weight is 422 g/mol. The summed E-state index contributed by atoms with van der Waals surface area (Å²) in [5.74, 6) is -0.192. The smallest absolute Gasteiger partial charge is 0.311 e. The van der Waals surface area contributed by atoms with Gasteiger partial charge in [0.05, 0.1) is 11.2 Å². The van der Waals surface area contributed by atoms with E-state index in [1.165, 1.54) is 11.9 Å². The second-order valence-corrected chi connectivity index (χ2v) is 9.32. The molecule has 8 nitrogen and oxygen atoms in total. The number of hydrogen-bond acceptors (Lipinski definition) is 4. The van der Waals surface area contributed by atoms with Crippen molar-refractivity contribution < 1.29 is 9.59 Å². The Bertz CT molecular complexity index is 1230. The van der Waals surface area contributed by atoms with Crippen LogP contribution in [-0.4, -0.2) is 49.4 Å². The van der Waals surface area contributed by atoms with Crippen LogP contribution in [0.3, 0.4) is 0 Å². The molecule has 0 N–H and O–H groups in total. The van der Waals surface area contributed by atoms with Crippen molar-refractivity contribution in [2.45, 2.75) is 33.9 Å². The highest BCUT2D eigenvalue weighted by Gasteiger charge is 2.32. The van der Waals surface area contributed by atoms with Crippen LogP contribution >= 0.6 is 0 Å². The summed E-state index contributed by atoms with van der Waals surface area (Å²) in [5.41, 5.74) is 4.01. The number of pyridine rings is 1. The Morgan fingerprint density at radius 2 is 1.65 bits per heavy atom. The van der Waals surface area contributed by atoms with E-state index in [0.29, 0.717) is 18.7 Å². The Balaban J connectivity index is 1.61. The molecule has 2 aromatic heterocycles. The van der Waals surface area contributed by atoms with Crippen LogP contribution < -0.4 is 5.69 Å². The maximum Gasteiger partial charge on any atom is 0.330 e. The quantitative estimate of drug-likeness (QED) is 0.607. The summed E-state index contributed by atoms with van der Waals surface area (Å²) in [7, 11) is 3.24. The van der Waals surface area contributed by atoms with Crippen LogP contribution in [0.1, 0.15) is 26.3 Å². The van der Waals surface area contributed by atoms with E-state index >= 15 is 0 Å². The maximum atomic E-state index is 12.7. The lowest BCUT2D eigenvalue weighted by Crippen LogP contribution is -2.29. The van der Waals surface area contributed by atoms with Crippen LogP contribution in [-0.2, 0) is 24.9 Å². The van der Waals surface area contributed by atoms with E-state index in [1.807, 2.05) is 36.4 Å². The van der Waals surface area contributed by atoms with Crippen molar-refractivity contribution in [3.05, 3.63) is 52.4 Å². The molecule has 0 aliphatic carbocycles. The van der Waals surface area contributed by atoms with Crippen LogP contribution in [0.5, 0.6) is 0 Å². The molecule has 1 aromatic carbocycles. The fourth-order valence-electron chi connectivity index (χ4n) is 3.84. The standard InChI is InChI=1S/C23H27N5O3/c1-23(2,3)14-28-18-11-10-17(24-20(18)26(5)22(28)31)16-8-6-15(7-9-16)12-27-13-19(29)25(4)21(27)30/h6-11H,12-14H2,1-5H3. The second-order valence-electron chi connectivity index (χ2n) is 9.32. The molecule has 1 fully saturated rings. The highest BCUT2D eigenvalue weighted by molar-refractivity contribution is 6.01. The topological polar surface area (TPSA) is 80.4 Å². The number of benzene rings is 1. The van der Waals surface area contributed by atoms with Crippen LogP contribution in [0.25, 0.3) is 22.4 Å². The Morgan fingerprint density at radius 1 is 0.968 bits per heavy atom. The zero-order chi connectivity index (χ0) is 22.5. The van der Waals surface area contributed by atoms with E-state index < -0.39 is 0 Å². The van der Waals surface area contributed by atoms with Gasteiger partial charge in [0.25, 0.3) is 0 Å². The minimum Gasteiger partial charge on any atom is -0.311 e. The predicted octanol–water partition coefficient (Wildman–Crippen LogP) is 2.84. The van der Waals surface area contributed by atoms with Crippen LogP contribution in [0.4, 0.5) is 4.79 Å². The molecule has 31 heavy (non-hydrogen) atoms. The van der Waals surface area contributed by atoms with E-state index in [-0.39, 0.29) is 29.6 Å². The van der Waals surface area contributed by atoms with Gasteiger partial charge in [-0.05, 0) is 23.1 Å². The molecule has 4 rings (SSSR count). The van der Waals surface area contributed by atoms with Gasteiger partial charge in [-0.1, -0.05) is 45.0 Å². The second kappa shape index (κ2) is 7.37. The molecule has 3 heterocycles. The Morgan fingerprint density at radius 3 is 2.23 bits per heavy atom. The highest BCUT2D eigenvalue weighted by atomic mass is 16.2. The maximum absolute atomic E-state index is 12.7. The normalized spacial score (nSPS) is 14.9. The number of fused-ring (bicyclic) bond motifs is 1. The Hall–Kier alpha value is -3.42. The molecular formula is C23H27N5O3. The lowest BCUT2D eigenvalue weighted by Gasteiger charge is -2.18. The molecule has 0 spiro atoms. The first kappa shape index (κ1) is 20.8.